The molecule has 108 valence electrons. The third-order valence-corrected chi connectivity index (χ3v) is 3.83. The van der Waals surface area contributed by atoms with Crippen molar-refractivity contribution in [3.8, 4) is 0 Å². The fourth-order valence-electron chi connectivity index (χ4n) is 1.68. The second-order valence-corrected chi connectivity index (χ2v) is 6.74. The predicted molar refractivity (Wildman–Crippen MR) is 76.3 cm³/mol. The first-order valence-electron chi connectivity index (χ1n) is 6.29. The SMILES string of the molecule is Cc1cc(F)cc(NS(=O)(=O)CCCNC(C)C)c1. The van der Waals surface area contributed by atoms with Gasteiger partial charge in [-0.15, -0.1) is 0 Å². The Morgan fingerprint density at radius 3 is 2.53 bits per heavy atom. The number of aryl methyl sites for hydroxylation is 1. The van der Waals surface area contributed by atoms with Crippen LogP contribution in [0.5, 0.6) is 0 Å². The summed E-state index contributed by atoms with van der Waals surface area (Å²) in [5.41, 5.74) is 0.952. The highest BCUT2D eigenvalue weighted by atomic mass is 32.2. The van der Waals surface area contributed by atoms with Gasteiger partial charge in [0.05, 0.1) is 11.4 Å². The normalized spacial score (nSPS) is 11.8. The number of hydrogen-bond acceptors (Lipinski definition) is 3. The first kappa shape index (κ1) is 15.9. The molecule has 0 radical (unpaired) electrons. The van der Waals surface area contributed by atoms with Crippen LogP contribution in [0.25, 0.3) is 0 Å². The highest BCUT2D eigenvalue weighted by Gasteiger charge is 2.11. The number of nitrogens with one attached hydrogen (secondary N) is 2. The molecule has 0 atom stereocenters. The first-order valence-corrected chi connectivity index (χ1v) is 7.95. The molecule has 0 heterocycles. The van der Waals surface area contributed by atoms with Crippen molar-refractivity contribution in [1.29, 1.82) is 0 Å². The van der Waals surface area contributed by atoms with Crippen LogP contribution >= 0.6 is 0 Å². The number of halogens is 1. The second-order valence-electron chi connectivity index (χ2n) is 4.90. The summed E-state index contributed by atoms with van der Waals surface area (Å²) in [5.74, 6) is -0.429. The van der Waals surface area contributed by atoms with E-state index >= 15 is 0 Å². The van der Waals surface area contributed by atoms with E-state index in [-0.39, 0.29) is 11.4 Å². The van der Waals surface area contributed by atoms with E-state index in [1.165, 1.54) is 12.1 Å². The lowest BCUT2D eigenvalue weighted by atomic mass is 10.2. The molecule has 1 rings (SSSR count). The summed E-state index contributed by atoms with van der Waals surface area (Å²) in [7, 11) is -3.42. The molecule has 0 bridgehead atoms. The third-order valence-electron chi connectivity index (χ3n) is 2.46. The van der Waals surface area contributed by atoms with Gasteiger partial charge in [0.1, 0.15) is 5.82 Å². The number of sulfonamides is 1. The highest BCUT2D eigenvalue weighted by Crippen LogP contribution is 2.15. The summed E-state index contributed by atoms with van der Waals surface area (Å²) in [4.78, 5) is 0. The number of hydrogen-bond donors (Lipinski definition) is 2. The molecule has 1 aromatic carbocycles. The van der Waals surface area contributed by atoms with Crippen molar-refractivity contribution < 1.29 is 12.8 Å². The zero-order valence-electron chi connectivity index (χ0n) is 11.5. The van der Waals surface area contributed by atoms with E-state index in [9.17, 15) is 12.8 Å². The topological polar surface area (TPSA) is 58.2 Å². The maximum atomic E-state index is 13.2. The van der Waals surface area contributed by atoms with Crippen LogP contribution in [0.3, 0.4) is 0 Å². The van der Waals surface area contributed by atoms with Gasteiger partial charge in [-0.3, -0.25) is 4.72 Å². The molecule has 19 heavy (non-hydrogen) atoms. The number of benzene rings is 1. The van der Waals surface area contributed by atoms with Crippen LogP contribution in [0.4, 0.5) is 10.1 Å². The molecule has 4 nitrogen and oxygen atoms in total. The molecule has 1 aromatic rings. The van der Waals surface area contributed by atoms with E-state index < -0.39 is 15.8 Å². The van der Waals surface area contributed by atoms with Gasteiger partial charge in [-0.05, 0) is 43.7 Å². The molecule has 0 aliphatic heterocycles. The van der Waals surface area contributed by atoms with Crippen LogP contribution in [0.15, 0.2) is 18.2 Å². The minimum Gasteiger partial charge on any atom is -0.314 e. The van der Waals surface area contributed by atoms with Gasteiger partial charge >= 0.3 is 0 Å². The van der Waals surface area contributed by atoms with Gasteiger partial charge < -0.3 is 5.32 Å². The van der Waals surface area contributed by atoms with E-state index in [1.807, 2.05) is 13.8 Å². The lowest BCUT2D eigenvalue weighted by Crippen LogP contribution is -2.26. The fraction of sp³-hybridized carbons (Fsp3) is 0.538. The van der Waals surface area contributed by atoms with Crippen LogP contribution in [0, 0.1) is 12.7 Å². The van der Waals surface area contributed by atoms with E-state index in [1.54, 1.807) is 13.0 Å². The summed E-state index contributed by atoms with van der Waals surface area (Å²) in [6, 6.07) is 4.47. The summed E-state index contributed by atoms with van der Waals surface area (Å²) in [5, 5.41) is 3.15. The molecule has 0 saturated carbocycles. The van der Waals surface area contributed by atoms with E-state index in [0.29, 0.717) is 24.6 Å². The molecule has 0 aliphatic carbocycles. The summed E-state index contributed by atoms with van der Waals surface area (Å²) < 4.78 is 39.2. The van der Waals surface area contributed by atoms with Crippen LogP contribution in [0.2, 0.25) is 0 Å². The minimum absolute atomic E-state index is 0.0162. The van der Waals surface area contributed by atoms with Gasteiger partial charge in [0.2, 0.25) is 10.0 Å². The second kappa shape index (κ2) is 6.86. The van der Waals surface area contributed by atoms with Crippen molar-refractivity contribution >= 4 is 15.7 Å². The van der Waals surface area contributed by atoms with Crippen molar-refractivity contribution in [2.45, 2.75) is 33.2 Å². The van der Waals surface area contributed by atoms with Crippen LogP contribution in [-0.4, -0.2) is 26.8 Å². The van der Waals surface area contributed by atoms with Gasteiger partial charge in [-0.2, -0.15) is 0 Å². The minimum atomic E-state index is -3.42. The Balaban J connectivity index is 2.54. The maximum Gasteiger partial charge on any atom is 0.232 e. The van der Waals surface area contributed by atoms with Gasteiger partial charge in [0, 0.05) is 6.04 Å². The molecule has 2 N–H and O–H groups in total. The highest BCUT2D eigenvalue weighted by molar-refractivity contribution is 7.92. The average Bonchev–Trinajstić information content (AvgIpc) is 2.22. The lowest BCUT2D eigenvalue weighted by Gasteiger charge is -2.10. The summed E-state index contributed by atoms with van der Waals surface area (Å²) in [6.07, 6.45) is 0.516. The molecule has 0 fully saturated rings. The van der Waals surface area contributed by atoms with E-state index in [2.05, 4.69) is 10.0 Å². The number of anilines is 1. The Hall–Kier alpha value is -1.14. The van der Waals surface area contributed by atoms with Gasteiger partial charge in [-0.25, -0.2) is 12.8 Å². The zero-order valence-corrected chi connectivity index (χ0v) is 12.3. The molecule has 0 spiro atoms. The molecule has 6 heteroatoms. The number of rotatable bonds is 7. The summed E-state index contributed by atoms with van der Waals surface area (Å²) in [6.45, 7) is 6.36. The molecule has 0 aromatic heterocycles. The van der Waals surface area contributed by atoms with E-state index in [0.717, 1.165) is 0 Å². The Kier molecular flexibility index (Phi) is 5.75. The van der Waals surface area contributed by atoms with E-state index in [4.69, 9.17) is 0 Å². The van der Waals surface area contributed by atoms with Crippen molar-refractivity contribution in [2.75, 3.05) is 17.0 Å². The van der Waals surface area contributed by atoms with Gasteiger partial charge in [-0.1, -0.05) is 13.8 Å². The zero-order chi connectivity index (χ0) is 14.5. The molecular formula is C13H21FN2O2S. The molecule has 0 aliphatic rings. The van der Waals surface area contributed by atoms with Crippen LogP contribution in [-0.2, 0) is 10.0 Å². The molecule has 0 unspecified atom stereocenters. The largest absolute Gasteiger partial charge is 0.314 e. The molecular weight excluding hydrogens is 267 g/mol. The molecule has 0 saturated heterocycles. The summed E-state index contributed by atoms with van der Waals surface area (Å²) >= 11 is 0. The third kappa shape index (κ3) is 6.54. The Labute approximate surface area is 114 Å². The van der Waals surface area contributed by atoms with Crippen molar-refractivity contribution in [1.82, 2.24) is 5.32 Å². The Morgan fingerprint density at radius 1 is 1.26 bits per heavy atom. The van der Waals surface area contributed by atoms with Gasteiger partial charge in [0.15, 0.2) is 0 Å². The Morgan fingerprint density at radius 2 is 1.95 bits per heavy atom. The van der Waals surface area contributed by atoms with Crippen molar-refractivity contribution in [3.63, 3.8) is 0 Å². The van der Waals surface area contributed by atoms with Crippen LogP contribution in [0.1, 0.15) is 25.8 Å². The lowest BCUT2D eigenvalue weighted by molar-refractivity contribution is 0.571. The average molecular weight is 288 g/mol. The van der Waals surface area contributed by atoms with Crippen LogP contribution < -0.4 is 10.0 Å². The van der Waals surface area contributed by atoms with Crippen molar-refractivity contribution in [2.24, 2.45) is 0 Å². The standard InChI is InChI=1S/C13H21FN2O2S/c1-10(2)15-5-4-6-19(17,18)16-13-8-11(3)7-12(14)9-13/h7-10,15-16H,4-6H2,1-3H3. The van der Waals surface area contributed by atoms with Gasteiger partial charge in [0.25, 0.3) is 0 Å². The first-order chi connectivity index (χ1) is 8.78. The fourth-order valence-corrected chi connectivity index (χ4v) is 2.78. The maximum absolute atomic E-state index is 13.2. The smallest absolute Gasteiger partial charge is 0.232 e. The quantitative estimate of drug-likeness (QED) is 0.757. The van der Waals surface area contributed by atoms with Crippen molar-refractivity contribution in [3.05, 3.63) is 29.6 Å². The molecule has 0 amide bonds. The Bertz CT molecular complexity index is 495. The monoisotopic (exact) mass is 288 g/mol. The predicted octanol–water partition coefficient (Wildman–Crippen LogP) is 2.26.